The zero-order chi connectivity index (χ0) is 18.7. The highest BCUT2D eigenvalue weighted by molar-refractivity contribution is 8.00. The first-order valence-corrected chi connectivity index (χ1v) is 9.96. The molecule has 2 aromatic rings. The van der Waals surface area contributed by atoms with Crippen molar-refractivity contribution >= 4 is 46.3 Å². The molecule has 2 heterocycles. The summed E-state index contributed by atoms with van der Waals surface area (Å²) < 4.78 is 4.84. The highest BCUT2D eigenvalue weighted by Gasteiger charge is 2.23. The highest BCUT2D eigenvalue weighted by Crippen LogP contribution is 2.30. The van der Waals surface area contributed by atoms with Crippen molar-refractivity contribution in [2.24, 2.45) is 0 Å². The molecule has 1 aliphatic heterocycles. The summed E-state index contributed by atoms with van der Waals surface area (Å²) in [6.07, 6.45) is 0. The number of hydrogen-bond donors (Lipinski definition) is 2. The molecular weight excluding hydrogens is 370 g/mol. The molecule has 0 fully saturated rings. The third-order valence-electron chi connectivity index (χ3n) is 3.86. The van der Waals surface area contributed by atoms with E-state index < -0.39 is 0 Å². The van der Waals surface area contributed by atoms with E-state index in [4.69, 9.17) is 4.74 Å². The van der Waals surface area contributed by atoms with Gasteiger partial charge in [-0.3, -0.25) is 4.79 Å². The lowest BCUT2D eigenvalue weighted by Crippen LogP contribution is -2.15. The number of amides is 1. The van der Waals surface area contributed by atoms with Gasteiger partial charge in [-0.2, -0.15) is 11.8 Å². The molecular formula is C18H19N3O3S2. The number of thiazole rings is 1. The lowest BCUT2D eigenvalue weighted by molar-refractivity contribution is -0.136. The van der Waals surface area contributed by atoms with E-state index in [2.05, 4.69) is 15.6 Å². The summed E-state index contributed by atoms with van der Waals surface area (Å²) in [5, 5.41) is 7.08. The van der Waals surface area contributed by atoms with Crippen molar-refractivity contribution in [2.45, 2.75) is 13.8 Å². The van der Waals surface area contributed by atoms with Crippen LogP contribution < -0.4 is 10.6 Å². The number of hydrogen-bond acceptors (Lipinski definition) is 7. The maximum absolute atomic E-state index is 12.6. The molecule has 2 N–H and O–H groups in total. The number of carbonyl (C=O) groups excluding carboxylic acids is 2. The molecule has 8 heteroatoms. The fourth-order valence-electron chi connectivity index (χ4n) is 2.63. The smallest absolute Gasteiger partial charge is 0.336 e. The number of ether oxygens (including phenoxy) is 1. The van der Waals surface area contributed by atoms with Crippen LogP contribution in [0.5, 0.6) is 0 Å². The first-order valence-electron chi connectivity index (χ1n) is 7.99. The number of nitrogens with zero attached hydrogens (tertiary/aromatic N) is 1. The van der Waals surface area contributed by atoms with Crippen molar-refractivity contribution in [3.8, 4) is 0 Å². The molecule has 1 aromatic carbocycles. The molecule has 0 spiro atoms. The molecule has 0 bridgehead atoms. The molecule has 26 heavy (non-hydrogen) atoms. The van der Waals surface area contributed by atoms with Gasteiger partial charge in [-0.1, -0.05) is 12.1 Å². The lowest BCUT2D eigenvalue weighted by Gasteiger charge is -2.14. The Kier molecular flexibility index (Phi) is 5.63. The van der Waals surface area contributed by atoms with Gasteiger partial charge in [-0.15, -0.1) is 11.3 Å². The van der Waals surface area contributed by atoms with Crippen LogP contribution in [0.4, 0.5) is 11.4 Å². The Balaban J connectivity index is 1.84. The molecule has 0 saturated heterocycles. The Bertz CT molecular complexity index is 890. The summed E-state index contributed by atoms with van der Waals surface area (Å²) in [5.41, 5.74) is 3.55. The first-order chi connectivity index (χ1) is 12.5. The van der Waals surface area contributed by atoms with Crippen LogP contribution in [0, 0.1) is 13.8 Å². The molecule has 1 aliphatic rings. The third-order valence-corrected chi connectivity index (χ3v) is 5.92. The van der Waals surface area contributed by atoms with Crippen LogP contribution in [-0.4, -0.2) is 35.5 Å². The van der Waals surface area contributed by atoms with Crippen LogP contribution in [0.25, 0.3) is 0 Å². The fourth-order valence-corrected chi connectivity index (χ4v) is 4.49. The number of benzene rings is 1. The number of methoxy groups -OCH3 is 1. The second-order valence-corrected chi connectivity index (χ2v) is 7.90. The molecule has 1 amide bonds. The van der Waals surface area contributed by atoms with Gasteiger partial charge in [0.1, 0.15) is 4.88 Å². The maximum atomic E-state index is 12.6. The van der Waals surface area contributed by atoms with Crippen molar-refractivity contribution in [3.63, 3.8) is 0 Å². The van der Waals surface area contributed by atoms with Gasteiger partial charge in [0.2, 0.25) is 0 Å². The Labute approximate surface area is 160 Å². The van der Waals surface area contributed by atoms with Gasteiger partial charge in [0, 0.05) is 17.2 Å². The minimum atomic E-state index is -0.324. The molecule has 6 nitrogen and oxygen atoms in total. The monoisotopic (exact) mass is 389 g/mol. The largest absolute Gasteiger partial charge is 0.466 e. The number of para-hydroxylation sites is 2. The predicted octanol–water partition coefficient (Wildman–Crippen LogP) is 3.60. The number of esters is 1. The lowest BCUT2D eigenvalue weighted by atomic mass is 10.2. The number of anilines is 2. The van der Waals surface area contributed by atoms with E-state index in [-0.39, 0.29) is 11.9 Å². The minimum absolute atomic E-state index is 0.190. The summed E-state index contributed by atoms with van der Waals surface area (Å²) in [4.78, 5) is 29.4. The van der Waals surface area contributed by atoms with Gasteiger partial charge >= 0.3 is 5.97 Å². The zero-order valence-corrected chi connectivity index (χ0v) is 16.3. The van der Waals surface area contributed by atoms with Gasteiger partial charge in [0.15, 0.2) is 0 Å². The molecule has 0 aliphatic carbocycles. The number of aromatic nitrogens is 1. The van der Waals surface area contributed by atoms with E-state index in [1.807, 2.05) is 38.1 Å². The van der Waals surface area contributed by atoms with E-state index in [0.717, 1.165) is 22.1 Å². The molecule has 0 atom stereocenters. The first kappa shape index (κ1) is 18.5. The SMILES string of the molecule is COC(=O)C1=C(Nc2ccccc2NC(=O)c2sc(C)nc2C)CSC1. The van der Waals surface area contributed by atoms with Gasteiger partial charge in [0.05, 0.1) is 34.8 Å². The number of aryl methyl sites for hydroxylation is 2. The highest BCUT2D eigenvalue weighted by atomic mass is 32.2. The Morgan fingerprint density at radius 2 is 1.88 bits per heavy atom. The van der Waals surface area contributed by atoms with Crippen molar-refractivity contribution in [3.05, 3.63) is 51.1 Å². The molecule has 0 saturated carbocycles. The maximum Gasteiger partial charge on any atom is 0.336 e. The quantitative estimate of drug-likeness (QED) is 0.761. The van der Waals surface area contributed by atoms with Gasteiger partial charge in [-0.25, -0.2) is 9.78 Å². The van der Waals surface area contributed by atoms with E-state index in [1.165, 1.54) is 18.4 Å². The second kappa shape index (κ2) is 7.92. The standard InChI is InChI=1S/C18H19N3O3S2/c1-10-16(26-11(2)19-10)17(22)21-14-7-5-4-6-13(14)20-15-9-25-8-12(15)18(23)24-3/h4-7,20H,8-9H2,1-3H3,(H,21,22). The predicted molar refractivity (Wildman–Crippen MR) is 106 cm³/mol. The van der Waals surface area contributed by atoms with Crippen molar-refractivity contribution < 1.29 is 14.3 Å². The summed E-state index contributed by atoms with van der Waals surface area (Å²) >= 11 is 3.01. The Hall–Kier alpha value is -2.32. The van der Waals surface area contributed by atoms with Crippen molar-refractivity contribution in [2.75, 3.05) is 29.2 Å². The van der Waals surface area contributed by atoms with Crippen LogP contribution in [-0.2, 0) is 9.53 Å². The number of rotatable bonds is 5. The van der Waals surface area contributed by atoms with Crippen LogP contribution in [0.15, 0.2) is 35.5 Å². The summed E-state index contributed by atoms with van der Waals surface area (Å²) in [6, 6.07) is 7.42. The number of thioether (sulfide) groups is 1. The molecule has 3 rings (SSSR count). The van der Waals surface area contributed by atoms with Gasteiger partial charge in [0.25, 0.3) is 5.91 Å². The van der Waals surface area contributed by atoms with Gasteiger partial charge in [-0.05, 0) is 26.0 Å². The molecule has 0 radical (unpaired) electrons. The average molecular weight is 390 g/mol. The summed E-state index contributed by atoms with van der Waals surface area (Å²) in [5.74, 6) is 0.794. The average Bonchev–Trinajstić information content (AvgIpc) is 3.21. The second-order valence-electron chi connectivity index (χ2n) is 5.71. The van der Waals surface area contributed by atoms with Crippen LogP contribution >= 0.6 is 23.1 Å². The van der Waals surface area contributed by atoms with Crippen molar-refractivity contribution in [1.82, 2.24) is 4.98 Å². The fraction of sp³-hybridized carbons (Fsp3) is 0.278. The van der Waals surface area contributed by atoms with E-state index in [0.29, 0.717) is 27.6 Å². The van der Waals surface area contributed by atoms with Crippen LogP contribution in [0.3, 0.4) is 0 Å². The normalized spacial score (nSPS) is 13.7. The Morgan fingerprint density at radius 3 is 2.54 bits per heavy atom. The van der Waals surface area contributed by atoms with Crippen molar-refractivity contribution in [1.29, 1.82) is 0 Å². The Morgan fingerprint density at radius 1 is 1.15 bits per heavy atom. The van der Waals surface area contributed by atoms with Gasteiger partial charge < -0.3 is 15.4 Å². The molecule has 0 unspecified atom stereocenters. The minimum Gasteiger partial charge on any atom is -0.466 e. The van der Waals surface area contributed by atoms with Crippen LogP contribution in [0.1, 0.15) is 20.4 Å². The van der Waals surface area contributed by atoms with Crippen LogP contribution in [0.2, 0.25) is 0 Å². The number of carbonyl (C=O) groups is 2. The van der Waals surface area contributed by atoms with E-state index in [9.17, 15) is 9.59 Å². The zero-order valence-electron chi connectivity index (χ0n) is 14.7. The molecule has 1 aromatic heterocycles. The topological polar surface area (TPSA) is 80.3 Å². The third kappa shape index (κ3) is 3.91. The number of nitrogens with one attached hydrogen (secondary N) is 2. The van der Waals surface area contributed by atoms with E-state index >= 15 is 0 Å². The summed E-state index contributed by atoms with van der Waals surface area (Å²) in [7, 11) is 1.38. The van der Waals surface area contributed by atoms with E-state index in [1.54, 1.807) is 11.8 Å². The summed E-state index contributed by atoms with van der Waals surface area (Å²) in [6.45, 7) is 3.70. The molecule has 136 valence electrons.